The molecule has 9 heteroatoms. The first-order valence-electron chi connectivity index (χ1n) is 9.98. The second-order valence-corrected chi connectivity index (χ2v) is 9.70. The van der Waals surface area contributed by atoms with E-state index in [0.29, 0.717) is 30.8 Å². The van der Waals surface area contributed by atoms with Gasteiger partial charge in [0.1, 0.15) is 5.75 Å². The summed E-state index contributed by atoms with van der Waals surface area (Å²) >= 11 is 0. The number of phenols is 1. The van der Waals surface area contributed by atoms with Gasteiger partial charge in [0.15, 0.2) is 0 Å². The van der Waals surface area contributed by atoms with E-state index in [9.17, 15) is 18.3 Å². The van der Waals surface area contributed by atoms with Crippen molar-refractivity contribution < 1.29 is 18.3 Å². The number of amides is 1. The van der Waals surface area contributed by atoms with Crippen molar-refractivity contribution in [2.45, 2.75) is 26.8 Å². The Kier molecular flexibility index (Phi) is 5.45. The molecule has 1 aromatic heterocycles. The first-order chi connectivity index (χ1) is 14.7. The highest BCUT2D eigenvalue weighted by Crippen LogP contribution is 2.32. The maximum Gasteiger partial charge on any atom is 0.255 e. The molecule has 0 unspecified atom stereocenters. The summed E-state index contributed by atoms with van der Waals surface area (Å²) in [5.74, 6) is -0.433. The molecule has 0 radical (unpaired) electrons. The number of benzene rings is 2. The van der Waals surface area contributed by atoms with E-state index >= 15 is 0 Å². The third kappa shape index (κ3) is 4.41. The summed E-state index contributed by atoms with van der Waals surface area (Å²) in [4.78, 5) is 12.8. The zero-order valence-electron chi connectivity index (χ0n) is 17.4. The minimum absolute atomic E-state index is 0.0949. The Bertz CT molecular complexity index is 1250. The van der Waals surface area contributed by atoms with E-state index in [1.54, 1.807) is 18.2 Å². The first-order valence-corrected chi connectivity index (χ1v) is 11.6. The average Bonchev–Trinajstić information content (AvgIpc) is 3.23. The lowest BCUT2D eigenvalue weighted by Crippen LogP contribution is -2.25. The van der Waals surface area contributed by atoms with E-state index in [2.05, 4.69) is 10.4 Å². The topological polar surface area (TPSA) is 105 Å². The number of carbonyl (C=O) groups excluding carboxylic acids is 1. The van der Waals surface area contributed by atoms with E-state index in [1.165, 1.54) is 22.5 Å². The number of hydrogen-bond donors (Lipinski definition) is 2. The van der Waals surface area contributed by atoms with Crippen LogP contribution in [-0.4, -0.2) is 41.5 Å². The van der Waals surface area contributed by atoms with Crippen molar-refractivity contribution in [3.8, 4) is 5.75 Å². The Morgan fingerprint density at radius 1 is 1.16 bits per heavy atom. The van der Waals surface area contributed by atoms with Crippen molar-refractivity contribution in [1.82, 2.24) is 9.78 Å². The molecule has 0 atom stereocenters. The Hall–Kier alpha value is -3.33. The molecule has 0 saturated carbocycles. The quantitative estimate of drug-likeness (QED) is 0.594. The smallest absolute Gasteiger partial charge is 0.255 e. The number of hydrogen-bond acceptors (Lipinski definition) is 5. The fraction of sp³-hybridized carbons (Fsp3) is 0.273. The van der Waals surface area contributed by atoms with Gasteiger partial charge in [-0.1, -0.05) is 12.1 Å². The molecule has 31 heavy (non-hydrogen) atoms. The van der Waals surface area contributed by atoms with Crippen LogP contribution < -0.4 is 9.62 Å². The van der Waals surface area contributed by atoms with Gasteiger partial charge in [-0.15, -0.1) is 0 Å². The lowest BCUT2D eigenvalue weighted by molar-refractivity contribution is 0.102. The molecule has 1 aliphatic heterocycles. The van der Waals surface area contributed by atoms with E-state index in [-0.39, 0.29) is 17.2 Å². The van der Waals surface area contributed by atoms with Crippen LogP contribution in [0.5, 0.6) is 5.75 Å². The molecule has 0 aliphatic carbocycles. The van der Waals surface area contributed by atoms with Crippen molar-refractivity contribution in [3.63, 3.8) is 0 Å². The summed E-state index contributed by atoms with van der Waals surface area (Å²) in [7, 11) is -3.36. The molecule has 162 valence electrons. The normalized spacial score (nSPS) is 15.2. The second kappa shape index (κ2) is 8.07. The van der Waals surface area contributed by atoms with Crippen molar-refractivity contribution >= 4 is 27.3 Å². The van der Waals surface area contributed by atoms with Crippen LogP contribution in [0.3, 0.4) is 0 Å². The lowest BCUT2D eigenvalue weighted by Gasteiger charge is -2.18. The SMILES string of the molecule is Cc1cc(C)n(Cc2cccc(C(=O)Nc3cc(N4CCCS4(=O)=O)ccc3O)c2)n1. The number of aryl methyl sites for hydroxylation is 2. The number of nitrogens with zero attached hydrogens (tertiary/aromatic N) is 3. The summed E-state index contributed by atoms with van der Waals surface area (Å²) in [5.41, 5.74) is 3.89. The summed E-state index contributed by atoms with van der Waals surface area (Å²) in [6, 6.07) is 13.6. The average molecular weight is 441 g/mol. The molecule has 4 rings (SSSR count). The molecule has 1 saturated heterocycles. The summed E-state index contributed by atoms with van der Waals surface area (Å²) in [5, 5.41) is 17.3. The van der Waals surface area contributed by atoms with Crippen LogP contribution in [0.15, 0.2) is 48.5 Å². The Balaban J connectivity index is 1.55. The monoisotopic (exact) mass is 440 g/mol. The number of carbonyl (C=O) groups is 1. The Morgan fingerprint density at radius 3 is 2.65 bits per heavy atom. The number of aromatic nitrogens is 2. The van der Waals surface area contributed by atoms with Crippen LogP contribution in [-0.2, 0) is 16.6 Å². The van der Waals surface area contributed by atoms with Gasteiger partial charge in [0, 0.05) is 17.8 Å². The van der Waals surface area contributed by atoms with Crippen LogP contribution in [0.1, 0.15) is 33.7 Å². The molecule has 2 aromatic carbocycles. The van der Waals surface area contributed by atoms with E-state index in [1.807, 2.05) is 30.7 Å². The number of rotatable bonds is 5. The molecule has 0 spiro atoms. The van der Waals surface area contributed by atoms with Gasteiger partial charge in [0.25, 0.3) is 5.91 Å². The largest absolute Gasteiger partial charge is 0.506 e. The number of aromatic hydroxyl groups is 1. The van der Waals surface area contributed by atoms with Crippen molar-refractivity contribution in [2.24, 2.45) is 0 Å². The minimum Gasteiger partial charge on any atom is -0.506 e. The van der Waals surface area contributed by atoms with Gasteiger partial charge in [0.05, 0.1) is 29.4 Å². The molecule has 3 aromatic rings. The standard InChI is InChI=1S/C22H24N4O4S/c1-15-11-16(2)25(24-15)14-17-5-3-6-18(12-17)22(28)23-20-13-19(7-8-21(20)27)26-9-4-10-31(26,29)30/h3,5-8,11-13,27H,4,9-10,14H2,1-2H3,(H,23,28). The highest BCUT2D eigenvalue weighted by Gasteiger charge is 2.29. The summed E-state index contributed by atoms with van der Waals surface area (Å²) in [6.45, 7) is 4.83. The lowest BCUT2D eigenvalue weighted by atomic mass is 10.1. The zero-order valence-corrected chi connectivity index (χ0v) is 18.2. The molecule has 2 N–H and O–H groups in total. The van der Waals surface area contributed by atoms with Crippen LogP contribution in [0, 0.1) is 13.8 Å². The minimum atomic E-state index is -3.36. The third-order valence-electron chi connectivity index (χ3n) is 5.24. The van der Waals surface area contributed by atoms with Gasteiger partial charge in [0.2, 0.25) is 10.0 Å². The predicted molar refractivity (Wildman–Crippen MR) is 119 cm³/mol. The van der Waals surface area contributed by atoms with Gasteiger partial charge in [-0.25, -0.2) is 8.42 Å². The first kappa shape index (κ1) is 20.9. The molecule has 8 nitrogen and oxygen atoms in total. The number of sulfonamides is 1. The van der Waals surface area contributed by atoms with E-state index in [0.717, 1.165) is 17.0 Å². The van der Waals surface area contributed by atoms with E-state index < -0.39 is 15.9 Å². The molecule has 2 heterocycles. The molecule has 0 bridgehead atoms. The van der Waals surface area contributed by atoms with Crippen LogP contribution in [0.2, 0.25) is 0 Å². The van der Waals surface area contributed by atoms with Crippen molar-refractivity contribution in [1.29, 1.82) is 0 Å². The number of phenolic OH excluding ortho intramolecular Hbond substituents is 1. The van der Waals surface area contributed by atoms with Gasteiger partial charge >= 0.3 is 0 Å². The van der Waals surface area contributed by atoms with Crippen molar-refractivity contribution in [3.05, 3.63) is 71.0 Å². The molecular formula is C22H24N4O4S. The highest BCUT2D eigenvalue weighted by molar-refractivity contribution is 7.93. The molecular weight excluding hydrogens is 416 g/mol. The van der Waals surface area contributed by atoms with E-state index in [4.69, 9.17) is 0 Å². The maximum absolute atomic E-state index is 12.8. The third-order valence-corrected chi connectivity index (χ3v) is 7.11. The fourth-order valence-electron chi connectivity index (χ4n) is 3.72. The van der Waals surface area contributed by atoms with Crippen LogP contribution in [0.25, 0.3) is 0 Å². The second-order valence-electron chi connectivity index (χ2n) is 7.68. The molecule has 1 fully saturated rings. The van der Waals surface area contributed by atoms with Gasteiger partial charge < -0.3 is 10.4 Å². The van der Waals surface area contributed by atoms with Gasteiger partial charge in [-0.2, -0.15) is 5.10 Å². The summed E-state index contributed by atoms with van der Waals surface area (Å²) in [6.07, 6.45) is 0.549. The van der Waals surface area contributed by atoms with Crippen LogP contribution >= 0.6 is 0 Å². The summed E-state index contributed by atoms with van der Waals surface area (Å²) < 4.78 is 27.5. The molecule has 1 amide bonds. The number of anilines is 2. The fourth-order valence-corrected chi connectivity index (χ4v) is 5.28. The number of nitrogens with one attached hydrogen (secondary N) is 1. The highest BCUT2D eigenvalue weighted by atomic mass is 32.2. The Labute approximate surface area is 181 Å². The zero-order chi connectivity index (χ0) is 22.2. The van der Waals surface area contributed by atoms with Crippen LogP contribution in [0.4, 0.5) is 11.4 Å². The van der Waals surface area contributed by atoms with Gasteiger partial charge in [-0.3, -0.25) is 13.8 Å². The molecule has 1 aliphatic rings. The Morgan fingerprint density at radius 2 is 1.97 bits per heavy atom. The predicted octanol–water partition coefficient (Wildman–Crippen LogP) is 3.05. The maximum atomic E-state index is 12.8. The van der Waals surface area contributed by atoms with Crippen molar-refractivity contribution in [2.75, 3.05) is 21.9 Å². The van der Waals surface area contributed by atoms with Gasteiger partial charge in [-0.05, 0) is 62.2 Å².